The van der Waals surface area contributed by atoms with Gasteiger partial charge in [0.25, 0.3) is 0 Å². The largest absolute Gasteiger partial charge is 0.507 e. The molecule has 178 valence electrons. The normalized spacial score (nSPS) is 17.9. The molecule has 3 aromatic rings. The van der Waals surface area contributed by atoms with Gasteiger partial charge in [0.1, 0.15) is 21.5 Å². The van der Waals surface area contributed by atoms with Crippen molar-refractivity contribution in [3.63, 3.8) is 0 Å². The Kier molecular flexibility index (Phi) is 7.44. The fraction of sp³-hybridized carbons (Fsp3) is 0.280. The van der Waals surface area contributed by atoms with Gasteiger partial charge < -0.3 is 20.3 Å². The van der Waals surface area contributed by atoms with Gasteiger partial charge in [-0.05, 0) is 55.4 Å². The van der Waals surface area contributed by atoms with E-state index in [-0.39, 0.29) is 39.2 Å². The molecule has 0 radical (unpaired) electrons. The van der Waals surface area contributed by atoms with Crippen LogP contribution < -0.4 is 10.1 Å². The number of carbonyl (C=O) groups is 1. The van der Waals surface area contributed by atoms with Gasteiger partial charge in [-0.15, -0.1) is 0 Å². The molecule has 34 heavy (non-hydrogen) atoms. The molecule has 1 aromatic heterocycles. The zero-order valence-electron chi connectivity index (χ0n) is 18.1. The number of carboxylic acids is 1. The molecular formula is C25H23Cl2FN2O4. The molecule has 1 aliphatic carbocycles. The van der Waals surface area contributed by atoms with Crippen molar-refractivity contribution in [3.8, 4) is 28.4 Å². The smallest absolute Gasteiger partial charge is 0.306 e. The lowest BCUT2D eigenvalue weighted by Crippen LogP contribution is -2.25. The zero-order valence-corrected chi connectivity index (χ0v) is 19.6. The van der Waals surface area contributed by atoms with E-state index in [1.54, 1.807) is 6.07 Å². The third-order valence-corrected chi connectivity index (χ3v) is 6.70. The van der Waals surface area contributed by atoms with Gasteiger partial charge in [-0.3, -0.25) is 4.79 Å². The minimum atomic E-state index is -0.930. The predicted octanol–water partition coefficient (Wildman–Crippen LogP) is 7.00. The first-order valence-corrected chi connectivity index (χ1v) is 11.7. The van der Waals surface area contributed by atoms with Crippen molar-refractivity contribution in [2.24, 2.45) is 11.8 Å². The highest BCUT2D eigenvalue weighted by Crippen LogP contribution is 2.43. The predicted molar refractivity (Wildman–Crippen MR) is 129 cm³/mol. The van der Waals surface area contributed by atoms with Gasteiger partial charge in [0.05, 0.1) is 5.92 Å². The molecule has 1 saturated carbocycles. The van der Waals surface area contributed by atoms with Crippen molar-refractivity contribution < 1.29 is 24.1 Å². The molecule has 0 bridgehead atoms. The first-order valence-electron chi connectivity index (χ1n) is 10.9. The van der Waals surface area contributed by atoms with E-state index in [9.17, 15) is 14.3 Å². The lowest BCUT2D eigenvalue weighted by Gasteiger charge is -2.26. The van der Waals surface area contributed by atoms with Crippen molar-refractivity contribution in [1.29, 1.82) is 0 Å². The zero-order chi connectivity index (χ0) is 24.2. The van der Waals surface area contributed by atoms with Crippen molar-refractivity contribution in [1.82, 2.24) is 4.98 Å². The molecule has 0 unspecified atom stereocenters. The lowest BCUT2D eigenvalue weighted by atomic mass is 9.82. The Morgan fingerprint density at radius 2 is 1.79 bits per heavy atom. The fourth-order valence-electron chi connectivity index (χ4n) is 4.10. The molecule has 0 amide bonds. The Balaban J connectivity index is 1.53. The summed E-state index contributed by atoms with van der Waals surface area (Å²) in [5, 5.41) is 22.2. The maximum Gasteiger partial charge on any atom is 0.306 e. The highest BCUT2D eigenvalue weighted by atomic mass is 35.5. The summed E-state index contributed by atoms with van der Waals surface area (Å²) in [5.74, 6) is -1.39. The Hall–Kier alpha value is -3.03. The van der Waals surface area contributed by atoms with Crippen LogP contribution in [0.2, 0.25) is 10.0 Å². The third kappa shape index (κ3) is 5.37. The van der Waals surface area contributed by atoms with Crippen LogP contribution in [0.25, 0.3) is 11.1 Å². The van der Waals surface area contributed by atoms with Crippen LogP contribution in [0.3, 0.4) is 0 Å². The van der Waals surface area contributed by atoms with Crippen LogP contribution in [-0.4, -0.2) is 27.7 Å². The van der Waals surface area contributed by atoms with E-state index in [0.717, 1.165) is 18.4 Å². The first kappa shape index (κ1) is 24.1. The number of nitrogens with one attached hydrogen (secondary N) is 1. The molecule has 9 heteroatoms. The van der Waals surface area contributed by atoms with E-state index in [4.69, 9.17) is 33.0 Å². The van der Waals surface area contributed by atoms with Gasteiger partial charge in [-0.2, -0.15) is 9.37 Å². The van der Waals surface area contributed by atoms with Crippen molar-refractivity contribution in [2.45, 2.75) is 25.7 Å². The summed E-state index contributed by atoms with van der Waals surface area (Å²) >= 11 is 12.6. The first-order chi connectivity index (χ1) is 16.3. The van der Waals surface area contributed by atoms with Crippen LogP contribution in [-0.2, 0) is 4.79 Å². The van der Waals surface area contributed by atoms with Crippen LogP contribution in [0.15, 0.2) is 48.5 Å². The van der Waals surface area contributed by atoms with Crippen LogP contribution in [0.1, 0.15) is 25.7 Å². The number of hydrogen-bond acceptors (Lipinski definition) is 5. The Morgan fingerprint density at radius 3 is 2.47 bits per heavy atom. The summed E-state index contributed by atoms with van der Waals surface area (Å²) in [5.41, 5.74) is 1.32. The van der Waals surface area contributed by atoms with E-state index in [0.29, 0.717) is 30.7 Å². The maximum absolute atomic E-state index is 14.5. The highest BCUT2D eigenvalue weighted by Gasteiger charge is 2.27. The minimum Gasteiger partial charge on any atom is -0.507 e. The van der Waals surface area contributed by atoms with Gasteiger partial charge in [0, 0.05) is 12.1 Å². The number of hydrogen-bond donors (Lipinski definition) is 3. The summed E-state index contributed by atoms with van der Waals surface area (Å²) in [4.78, 5) is 15.0. The van der Waals surface area contributed by atoms with Gasteiger partial charge in [0.15, 0.2) is 11.6 Å². The van der Waals surface area contributed by atoms with Crippen LogP contribution in [0.5, 0.6) is 17.2 Å². The molecule has 0 saturated heterocycles. The van der Waals surface area contributed by atoms with E-state index in [1.807, 2.05) is 30.3 Å². The maximum atomic E-state index is 14.5. The summed E-state index contributed by atoms with van der Waals surface area (Å²) < 4.78 is 20.4. The summed E-state index contributed by atoms with van der Waals surface area (Å²) in [6, 6.07) is 13.9. The number of phenolic OH excluding ortho intramolecular Hbond substituents is 1. The minimum absolute atomic E-state index is 0.0277. The summed E-state index contributed by atoms with van der Waals surface area (Å²) in [7, 11) is 0. The number of benzene rings is 2. The highest BCUT2D eigenvalue weighted by molar-refractivity contribution is 6.38. The number of anilines is 1. The second-order valence-corrected chi connectivity index (χ2v) is 9.05. The number of aromatic nitrogens is 1. The topological polar surface area (TPSA) is 91.7 Å². The van der Waals surface area contributed by atoms with E-state index in [2.05, 4.69) is 10.3 Å². The molecule has 6 nitrogen and oxygen atoms in total. The van der Waals surface area contributed by atoms with Crippen molar-refractivity contribution in [3.05, 3.63) is 64.5 Å². The number of carboxylic acid groups (broad SMARTS) is 1. The van der Waals surface area contributed by atoms with E-state index in [1.165, 1.54) is 12.1 Å². The molecule has 0 atom stereocenters. The molecule has 1 heterocycles. The standard InChI is InChI=1S/C25H23Cl2FN2O4/c26-20-22(34-17-10-11-19(31)18(12-17)15-4-2-1-3-5-15)21(27)24(30-23(20)28)29-13-14-6-8-16(9-7-14)25(32)33/h1-5,10-12,14,16,31H,6-9,13H2,(H,29,30)(H,32,33). The second-order valence-electron chi connectivity index (χ2n) is 8.29. The number of aromatic hydroxyl groups is 1. The monoisotopic (exact) mass is 504 g/mol. The van der Waals surface area contributed by atoms with Crippen LogP contribution >= 0.6 is 23.2 Å². The number of pyridine rings is 1. The molecule has 1 aliphatic rings. The number of rotatable bonds is 7. The fourth-order valence-corrected chi connectivity index (χ4v) is 4.57. The number of nitrogens with zero attached hydrogens (tertiary/aromatic N) is 1. The molecule has 1 fully saturated rings. The van der Waals surface area contributed by atoms with Gasteiger partial charge in [-0.25, -0.2) is 0 Å². The van der Waals surface area contributed by atoms with E-state index < -0.39 is 11.9 Å². The van der Waals surface area contributed by atoms with Gasteiger partial charge in [0.2, 0.25) is 5.95 Å². The lowest BCUT2D eigenvalue weighted by molar-refractivity contribution is -0.143. The van der Waals surface area contributed by atoms with Crippen molar-refractivity contribution in [2.75, 3.05) is 11.9 Å². The van der Waals surface area contributed by atoms with Crippen LogP contribution in [0, 0.1) is 17.8 Å². The van der Waals surface area contributed by atoms with Crippen molar-refractivity contribution >= 4 is 35.0 Å². The summed E-state index contributed by atoms with van der Waals surface area (Å²) in [6.07, 6.45) is 2.71. The van der Waals surface area contributed by atoms with Crippen LogP contribution in [0.4, 0.5) is 10.2 Å². The summed E-state index contributed by atoms with van der Waals surface area (Å²) in [6.45, 7) is 0.469. The van der Waals surface area contributed by atoms with Gasteiger partial charge >= 0.3 is 5.97 Å². The number of phenols is 1. The number of halogens is 3. The third-order valence-electron chi connectivity index (χ3n) is 6.02. The Bertz CT molecular complexity index is 1190. The molecular weight excluding hydrogens is 482 g/mol. The molecule has 2 aromatic carbocycles. The molecule has 4 rings (SSSR count). The molecule has 0 spiro atoms. The average molecular weight is 505 g/mol. The molecule has 3 N–H and O–H groups in total. The second kappa shape index (κ2) is 10.5. The van der Waals surface area contributed by atoms with Gasteiger partial charge in [-0.1, -0.05) is 53.5 Å². The SMILES string of the molecule is O=C(O)C1CCC(CNc2nc(F)c(Cl)c(Oc3ccc(O)c(-c4ccccc4)c3)c2Cl)CC1. The molecule has 0 aliphatic heterocycles. The Labute approximate surface area is 206 Å². The van der Waals surface area contributed by atoms with E-state index >= 15 is 0 Å². The Morgan fingerprint density at radius 1 is 1.09 bits per heavy atom. The number of ether oxygens (including phenoxy) is 1. The average Bonchev–Trinajstić information content (AvgIpc) is 2.85. The quantitative estimate of drug-likeness (QED) is 0.300. The number of aliphatic carboxylic acids is 1.